The number of nitrogens with one attached hydrogen (secondary N) is 3. The number of hydrogen-bond donors (Lipinski definition) is 6. The van der Waals surface area contributed by atoms with Crippen LogP contribution in [0.25, 0.3) is 0 Å². The number of amides is 1. The second kappa shape index (κ2) is 18.2. The number of carbonyl (C=O) groups is 2. The second-order valence-corrected chi connectivity index (χ2v) is 17.2. The summed E-state index contributed by atoms with van der Waals surface area (Å²) >= 11 is 12.4. The maximum absolute atomic E-state index is 13.0. The van der Waals surface area contributed by atoms with Gasteiger partial charge in [0.05, 0.1) is 25.5 Å². The standard InChI is InChI=1S/C25H27ClN6O2.C19H21ClN4O3/c26-21-11-17(4-5-18(21)15-33)12-28-22-20(23(34)29-13-19-3-1-2-9-27-19)14-30-24(31-22)32-10-8-25(16-32)6-7-25;20-15-7-12(1-2-13(15)10-25)8-21-16-14(17(26)27)9-22-18(23-16)24-6-5-19(11-24)3-4-19/h1-5,9,11,14,33H,6-8,10,12-13,15-16H2,(H,29,34)(H,28,30,31);1-2,7,9,25H,3-6,8,10-11H2,(H,26,27)(H,21,22,23). The number of nitrogens with zero attached hydrogens (tertiary/aromatic N) is 7. The van der Waals surface area contributed by atoms with E-state index in [1.807, 2.05) is 30.3 Å². The third-order valence-electron chi connectivity index (χ3n) is 12.0. The lowest BCUT2D eigenvalue weighted by Crippen LogP contribution is -2.27. The summed E-state index contributed by atoms with van der Waals surface area (Å²) in [6.07, 6.45) is 12.0. The van der Waals surface area contributed by atoms with Crippen molar-refractivity contribution in [2.45, 2.75) is 71.4 Å². The molecule has 0 unspecified atom stereocenters. The minimum Gasteiger partial charge on any atom is -0.477 e. The van der Waals surface area contributed by atoms with Crippen molar-refractivity contribution < 1.29 is 24.9 Å². The fourth-order valence-electron chi connectivity index (χ4n) is 7.82. The molecule has 0 radical (unpaired) electrons. The Morgan fingerprint density at radius 2 is 1.20 bits per heavy atom. The number of aliphatic hydroxyl groups excluding tert-OH is 2. The van der Waals surface area contributed by atoms with Gasteiger partial charge in [-0.3, -0.25) is 9.78 Å². The Kier molecular flexibility index (Phi) is 12.5. The highest BCUT2D eigenvalue weighted by Crippen LogP contribution is 2.54. The summed E-state index contributed by atoms with van der Waals surface area (Å²) in [5, 5.41) is 38.3. The first-order chi connectivity index (χ1) is 29.5. The van der Waals surface area contributed by atoms with Crippen LogP contribution in [0.4, 0.5) is 23.5 Å². The molecule has 2 saturated carbocycles. The first kappa shape index (κ1) is 42.1. The first-order valence-electron chi connectivity index (χ1n) is 20.4. The highest BCUT2D eigenvalue weighted by Gasteiger charge is 2.49. The van der Waals surface area contributed by atoms with Crippen LogP contribution in [-0.2, 0) is 32.8 Å². The molecule has 3 aromatic heterocycles. The summed E-state index contributed by atoms with van der Waals surface area (Å²) in [4.78, 5) is 51.2. The molecular formula is C44H48Cl2N10O5. The summed E-state index contributed by atoms with van der Waals surface area (Å²) in [7, 11) is 0. The van der Waals surface area contributed by atoms with E-state index in [1.54, 1.807) is 36.7 Å². The van der Waals surface area contributed by atoms with Gasteiger partial charge in [-0.15, -0.1) is 0 Å². The van der Waals surface area contributed by atoms with E-state index in [4.69, 9.17) is 28.2 Å². The molecule has 2 saturated heterocycles. The summed E-state index contributed by atoms with van der Waals surface area (Å²) in [6.45, 7) is 4.62. The maximum atomic E-state index is 13.0. The smallest absolute Gasteiger partial charge is 0.341 e. The van der Waals surface area contributed by atoms with Crippen LogP contribution in [0.5, 0.6) is 0 Å². The Morgan fingerprint density at radius 3 is 1.64 bits per heavy atom. The zero-order valence-corrected chi connectivity index (χ0v) is 35.1. The predicted octanol–water partition coefficient (Wildman–Crippen LogP) is 6.47. The molecule has 5 aromatic rings. The third kappa shape index (κ3) is 10.1. The van der Waals surface area contributed by atoms with Gasteiger partial charge in [-0.2, -0.15) is 9.97 Å². The van der Waals surface area contributed by atoms with Gasteiger partial charge in [-0.05, 0) is 95.9 Å². The molecule has 0 bridgehead atoms. The lowest BCUT2D eigenvalue weighted by Gasteiger charge is -2.19. The SMILES string of the molecule is O=C(NCc1ccccn1)c1cnc(N2CCC3(CC3)C2)nc1NCc1ccc(CO)c(Cl)c1.O=C(O)c1cnc(N2CCC3(CC3)C2)nc1NCc1ccc(CO)c(Cl)c1. The van der Waals surface area contributed by atoms with Crippen molar-refractivity contribution in [2.75, 3.05) is 46.6 Å². The maximum Gasteiger partial charge on any atom is 0.341 e. The fourth-order valence-corrected chi connectivity index (χ4v) is 8.35. The van der Waals surface area contributed by atoms with Crippen LogP contribution < -0.4 is 25.8 Å². The highest BCUT2D eigenvalue weighted by molar-refractivity contribution is 6.31. The Bertz CT molecular complexity index is 2400. The van der Waals surface area contributed by atoms with E-state index in [2.05, 4.69) is 45.7 Å². The summed E-state index contributed by atoms with van der Waals surface area (Å²) in [5.41, 5.74) is 5.18. The quantitative estimate of drug-likeness (QED) is 0.0709. The first-order valence-corrected chi connectivity index (χ1v) is 21.2. The molecule has 2 aliphatic heterocycles. The largest absolute Gasteiger partial charge is 0.477 e. The van der Waals surface area contributed by atoms with Gasteiger partial charge in [-0.1, -0.05) is 53.5 Å². The number of carboxylic acids is 1. The van der Waals surface area contributed by atoms with Crippen LogP contribution in [0.1, 0.15) is 87.2 Å². The number of aliphatic hydroxyl groups is 2. The monoisotopic (exact) mass is 866 g/mol. The Labute approximate surface area is 363 Å². The number of hydrogen-bond acceptors (Lipinski definition) is 13. The zero-order valence-electron chi connectivity index (χ0n) is 33.6. The number of aromatic nitrogens is 5. The number of carbonyl (C=O) groups excluding carboxylic acids is 1. The molecule has 15 nitrogen and oxygen atoms in total. The Hall–Kier alpha value is -5.61. The summed E-state index contributed by atoms with van der Waals surface area (Å²) < 4.78 is 0. The van der Waals surface area contributed by atoms with Gasteiger partial charge in [-0.25, -0.2) is 14.8 Å². The molecule has 2 aromatic carbocycles. The number of halogens is 2. The number of rotatable bonds is 14. The van der Waals surface area contributed by atoms with Crippen molar-refractivity contribution in [2.24, 2.45) is 10.8 Å². The van der Waals surface area contributed by atoms with Gasteiger partial charge in [0.15, 0.2) is 0 Å². The molecule has 0 atom stereocenters. The van der Waals surface area contributed by atoms with Crippen molar-refractivity contribution in [1.82, 2.24) is 30.2 Å². The number of aromatic carboxylic acids is 1. The lowest BCUT2D eigenvalue weighted by molar-refractivity contribution is 0.0696. The minimum atomic E-state index is -1.07. The number of anilines is 4. The Balaban J connectivity index is 0.000000173. The van der Waals surface area contributed by atoms with E-state index in [1.165, 1.54) is 38.3 Å². The molecule has 61 heavy (non-hydrogen) atoms. The average Bonchev–Trinajstić information content (AvgIpc) is 4.12. The molecule has 318 valence electrons. The molecular weight excluding hydrogens is 819 g/mol. The molecule has 4 fully saturated rings. The predicted molar refractivity (Wildman–Crippen MR) is 233 cm³/mol. The van der Waals surface area contributed by atoms with Crippen molar-refractivity contribution >= 4 is 58.6 Å². The number of pyridine rings is 1. The molecule has 2 spiro atoms. The van der Waals surface area contributed by atoms with Gasteiger partial charge >= 0.3 is 5.97 Å². The van der Waals surface area contributed by atoms with Crippen LogP contribution in [0.3, 0.4) is 0 Å². The molecule has 4 aliphatic rings. The van der Waals surface area contributed by atoms with Gasteiger partial charge in [0.25, 0.3) is 5.91 Å². The van der Waals surface area contributed by atoms with E-state index < -0.39 is 5.97 Å². The number of carboxylic acid groups (broad SMARTS) is 1. The van der Waals surface area contributed by atoms with E-state index in [-0.39, 0.29) is 24.7 Å². The van der Waals surface area contributed by atoms with E-state index in [0.717, 1.165) is 49.4 Å². The van der Waals surface area contributed by atoms with Gasteiger partial charge in [0.2, 0.25) is 11.9 Å². The number of benzene rings is 2. The van der Waals surface area contributed by atoms with E-state index in [0.29, 0.717) is 80.7 Å². The van der Waals surface area contributed by atoms with Crippen LogP contribution >= 0.6 is 23.2 Å². The summed E-state index contributed by atoms with van der Waals surface area (Å²) in [6, 6.07) is 16.4. The van der Waals surface area contributed by atoms with Gasteiger partial charge in [0.1, 0.15) is 22.8 Å². The van der Waals surface area contributed by atoms with Gasteiger partial charge in [0, 0.05) is 67.9 Å². The fraction of sp³-hybridized carbons (Fsp3) is 0.386. The molecule has 6 N–H and O–H groups in total. The minimum absolute atomic E-state index is 0.0390. The van der Waals surface area contributed by atoms with Crippen molar-refractivity contribution in [3.8, 4) is 0 Å². The van der Waals surface area contributed by atoms with Crippen LogP contribution in [0.15, 0.2) is 73.2 Å². The molecule has 9 rings (SSSR count). The van der Waals surface area contributed by atoms with Crippen LogP contribution in [0.2, 0.25) is 10.0 Å². The van der Waals surface area contributed by atoms with Gasteiger partial charge < -0.3 is 41.1 Å². The van der Waals surface area contributed by atoms with E-state index in [9.17, 15) is 24.9 Å². The molecule has 5 heterocycles. The zero-order chi connectivity index (χ0) is 42.6. The molecule has 2 aliphatic carbocycles. The highest BCUT2D eigenvalue weighted by atomic mass is 35.5. The van der Waals surface area contributed by atoms with E-state index >= 15 is 0 Å². The van der Waals surface area contributed by atoms with Crippen molar-refractivity contribution in [3.05, 3.63) is 122 Å². The Morgan fingerprint density at radius 1 is 0.672 bits per heavy atom. The summed E-state index contributed by atoms with van der Waals surface area (Å²) in [5.74, 6) is 0.640. The molecule has 1 amide bonds. The van der Waals surface area contributed by atoms with Crippen LogP contribution in [-0.4, -0.2) is 78.3 Å². The average molecular weight is 868 g/mol. The third-order valence-corrected chi connectivity index (χ3v) is 12.7. The molecule has 17 heteroatoms. The normalized spacial score (nSPS) is 16.6. The lowest BCUT2D eigenvalue weighted by atomic mass is 10.1. The van der Waals surface area contributed by atoms with Crippen molar-refractivity contribution in [1.29, 1.82) is 0 Å². The van der Waals surface area contributed by atoms with Crippen molar-refractivity contribution in [3.63, 3.8) is 0 Å². The van der Waals surface area contributed by atoms with Crippen LogP contribution in [0, 0.1) is 10.8 Å². The topological polar surface area (TPSA) is 202 Å². The second-order valence-electron chi connectivity index (χ2n) is 16.4.